The fraction of sp³-hybridized carbons (Fsp3) is 0.462. The zero-order valence-electron chi connectivity index (χ0n) is 11.4. The van der Waals surface area contributed by atoms with Crippen molar-refractivity contribution in [2.75, 3.05) is 0 Å². The number of sulfonamides is 1. The molecule has 0 aliphatic heterocycles. The molecule has 0 unspecified atom stereocenters. The first-order chi connectivity index (χ1) is 9.97. The molecule has 2 aromatic rings. The Morgan fingerprint density at radius 1 is 1.43 bits per heavy atom. The molecule has 1 aromatic heterocycles. The Balaban J connectivity index is 1.80. The molecule has 1 aliphatic carbocycles. The fourth-order valence-electron chi connectivity index (χ4n) is 2.37. The predicted octanol–water partition coefficient (Wildman–Crippen LogP) is 1.93. The molecule has 8 heteroatoms. The third-order valence-corrected chi connectivity index (χ3v) is 5.67. The molecule has 1 atom stereocenters. The lowest BCUT2D eigenvalue weighted by Gasteiger charge is -2.11. The van der Waals surface area contributed by atoms with E-state index >= 15 is 0 Å². The third kappa shape index (κ3) is 3.06. The minimum absolute atomic E-state index is 0.00109. The van der Waals surface area contributed by atoms with E-state index < -0.39 is 15.9 Å². The molecular weight excluding hydrogens is 310 g/mol. The molecule has 0 radical (unpaired) electrons. The van der Waals surface area contributed by atoms with Crippen LogP contribution in [-0.4, -0.2) is 23.1 Å². The molecule has 0 spiro atoms. The van der Waals surface area contributed by atoms with Gasteiger partial charge in [-0.15, -0.1) is 0 Å². The number of carbonyl (C=O) groups excluding carboxylic acids is 1. The summed E-state index contributed by atoms with van der Waals surface area (Å²) in [5.41, 5.74) is 0.819. The summed E-state index contributed by atoms with van der Waals surface area (Å²) >= 11 is 0.948. The number of nitrogens with zero attached hydrogens (tertiary/aromatic N) is 2. The van der Waals surface area contributed by atoms with E-state index in [1.807, 2.05) is 6.92 Å². The van der Waals surface area contributed by atoms with Crippen LogP contribution in [0, 0.1) is 11.8 Å². The van der Waals surface area contributed by atoms with Crippen molar-refractivity contribution in [3.05, 3.63) is 18.2 Å². The zero-order valence-corrected chi connectivity index (χ0v) is 13.1. The number of hydrogen-bond donors (Lipinski definition) is 1. The van der Waals surface area contributed by atoms with Crippen LogP contribution in [0.15, 0.2) is 23.1 Å². The van der Waals surface area contributed by atoms with Crippen LogP contribution in [0.3, 0.4) is 0 Å². The van der Waals surface area contributed by atoms with Crippen molar-refractivity contribution in [1.82, 2.24) is 13.5 Å². The van der Waals surface area contributed by atoms with E-state index in [2.05, 4.69) is 13.5 Å². The molecule has 1 fully saturated rings. The first kappa shape index (κ1) is 14.4. The number of fused-ring (bicyclic) bond motifs is 1. The first-order valence-corrected chi connectivity index (χ1v) is 8.95. The summed E-state index contributed by atoms with van der Waals surface area (Å²) in [6.07, 6.45) is 2.49. The molecule has 1 heterocycles. The number of nitrogens with one attached hydrogen (secondary N) is 1. The molecule has 1 N–H and O–H groups in total. The predicted molar refractivity (Wildman–Crippen MR) is 79.2 cm³/mol. The van der Waals surface area contributed by atoms with Gasteiger partial charge in [0.2, 0.25) is 5.91 Å². The molecule has 1 amide bonds. The molecule has 0 saturated heterocycles. The summed E-state index contributed by atoms with van der Waals surface area (Å²) in [4.78, 5) is 11.9. The van der Waals surface area contributed by atoms with E-state index in [0.29, 0.717) is 17.0 Å². The van der Waals surface area contributed by atoms with Crippen molar-refractivity contribution in [3.63, 3.8) is 0 Å². The average molecular weight is 325 g/mol. The Morgan fingerprint density at radius 3 is 2.90 bits per heavy atom. The summed E-state index contributed by atoms with van der Waals surface area (Å²) in [7, 11) is -3.90. The summed E-state index contributed by atoms with van der Waals surface area (Å²) < 4.78 is 34.8. The highest BCUT2D eigenvalue weighted by Gasteiger charge is 2.30. The van der Waals surface area contributed by atoms with Crippen molar-refractivity contribution < 1.29 is 13.2 Å². The van der Waals surface area contributed by atoms with Crippen LogP contribution in [0.4, 0.5) is 0 Å². The maximum absolute atomic E-state index is 12.3. The quantitative estimate of drug-likeness (QED) is 0.907. The highest BCUT2D eigenvalue weighted by Crippen LogP contribution is 2.38. The zero-order chi connectivity index (χ0) is 15.0. The number of carbonyl (C=O) groups is 1. The number of benzene rings is 1. The lowest BCUT2D eigenvalue weighted by atomic mass is 10.0. The van der Waals surface area contributed by atoms with Gasteiger partial charge in [-0.3, -0.25) is 4.79 Å². The molecule has 6 nitrogen and oxygen atoms in total. The Morgan fingerprint density at radius 2 is 2.19 bits per heavy atom. The van der Waals surface area contributed by atoms with Gasteiger partial charge in [0.25, 0.3) is 10.0 Å². The largest absolute Gasteiger partial charge is 0.274 e. The Kier molecular flexibility index (Phi) is 3.66. The van der Waals surface area contributed by atoms with E-state index in [4.69, 9.17) is 0 Å². The smallest absolute Gasteiger partial charge is 0.266 e. The van der Waals surface area contributed by atoms with Gasteiger partial charge in [0.15, 0.2) is 0 Å². The monoisotopic (exact) mass is 325 g/mol. The second-order valence-corrected chi connectivity index (χ2v) is 7.61. The van der Waals surface area contributed by atoms with E-state index in [-0.39, 0.29) is 17.2 Å². The van der Waals surface area contributed by atoms with Crippen molar-refractivity contribution in [2.24, 2.45) is 11.8 Å². The van der Waals surface area contributed by atoms with Gasteiger partial charge in [0, 0.05) is 6.42 Å². The summed E-state index contributed by atoms with van der Waals surface area (Å²) in [5, 5.41) is 0. The minimum atomic E-state index is -3.90. The van der Waals surface area contributed by atoms with E-state index in [9.17, 15) is 13.2 Å². The number of rotatable bonds is 5. The third-order valence-electron chi connectivity index (χ3n) is 3.72. The van der Waals surface area contributed by atoms with Crippen LogP contribution in [0.1, 0.15) is 26.2 Å². The van der Waals surface area contributed by atoms with Crippen LogP contribution in [0.5, 0.6) is 0 Å². The van der Waals surface area contributed by atoms with Gasteiger partial charge in [-0.05, 0) is 36.8 Å². The molecule has 0 bridgehead atoms. The highest BCUT2D eigenvalue weighted by atomic mass is 32.2. The maximum Gasteiger partial charge on any atom is 0.266 e. The molecular formula is C13H15N3O3S2. The summed E-state index contributed by atoms with van der Waals surface area (Å²) in [6.45, 7) is 1.98. The second-order valence-electron chi connectivity index (χ2n) is 5.44. The van der Waals surface area contributed by atoms with Crippen LogP contribution in [0.25, 0.3) is 11.0 Å². The van der Waals surface area contributed by atoms with Gasteiger partial charge in [-0.1, -0.05) is 13.0 Å². The molecule has 21 heavy (non-hydrogen) atoms. The van der Waals surface area contributed by atoms with Gasteiger partial charge < -0.3 is 0 Å². The first-order valence-electron chi connectivity index (χ1n) is 6.74. The lowest BCUT2D eigenvalue weighted by Crippen LogP contribution is -2.32. The van der Waals surface area contributed by atoms with Gasteiger partial charge in [0.1, 0.15) is 15.9 Å². The highest BCUT2D eigenvalue weighted by molar-refractivity contribution is 7.90. The van der Waals surface area contributed by atoms with Crippen LogP contribution in [-0.2, 0) is 14.8 Å². The van der Waals surface area contributed by atoms with Crippen molar-refractivity contribution in [2.45, 2.75) is 31.1 Å². The van der Waals surface area contributed by atoms with Gasteiger partial charge in [-0.2, -0.15) is 8.75 Å². The van der Waals surface area contributed by atoms with Crippen LogP contribution in [0.2, 0.25) is 0 Å². The van der Waals surface area contributed by atoms with Crippen molar-refractivity contribution in [1.29, 1.82) is 0 Å². The normalized spacial score (nSPS) is 16.8. The molecule has 1 aliphatic rings. The Labute approximate surface area is 126 Å². The van der Waals surface area contributed by atoms with Gasteiger partial charge in [-0.25, -0.2) is 13.1 Å². The van der Waals surface area contributed by atoms with Crippen LogP contribution < -0.4 is 4.72 Å². The van der Waals surface area contributed by atoms with Gasteiger partial charge in [0.05, 0.1) is 11.7 Å². The van der Waals surface area contributed by atoms with Crippen LogP contribution >= 0.6 is 11.7 Å². The van der Waals surface area contributed by atoms with E-state index in [1.54, 1.807) is 12.1 Å². The maximum atomic E-state index is 12.3. The topological polar surface area (TPSA) is 89.0 Å². The Bertz CT molecular complexity index is 781. The summed E-state index contributed by atoms with van der Waals surface area (Å²) in [5.74, 6) is 0.316. The molecule has 1 aromatic carbocycles. The Hall–Kier alpha value is -1.54. The van der Waals surface area contributed by atoms with E-state index in [0.717, 1.165) is 24.6 Å². The van der Waals surface area contributed by atoms with Crippen molar-refractivity contribution in [3.8, 4) is 0 Å². The SMILES string of the molecule is C[C@@H](CC(=O)NS(=O)(=O)c1cccc2nsnc12)C1CC1. The number of hydrogen-bond acceptors (Lipinski definition) is 6. The van der Waals surface area contributed by atoms with Crippen molar-refractivity contribution >= 4 is 38.7 Å². The standard InChI is InChI=1S/C13H15N3O3S2/c1-8(9-5-6-9)7-12(17)16-21(18,19)11-4-2-3-10-13(11)15-20-14-10/h2-4,8-9H,5-7H2,1H3,(H,16,17)/t8-/m0/s1. The molecule has 1 saturated carbocycles. The molecule has 3 rings (SSSR count). The average Bonchev–Trinajstić information content (AvgIpc) is 3.15. The minimum Gasteiger partial charge on any atom is -0.274 e. The van der Waals surface area contributed by atoms with Gasteiger partial charge >= 0.3 is 0 Å². The molecule has 112 valence electrons. The number of aromatic nitrogens is 2. The lowest BCUT2D eigenvalue weighted by molar-refractivity contribution is -0.120. The fourth-order valence-corrected chi connectivity index (χ4v) is 4.13. The van der Waals surface area contributed by atoms with E-state index in [1.165, 1.54) is 6.07 Å². The number of amides is 1. The summed E-state index contributed by atoms with van der Waals surface area (Å²) in [6, 6.07) is 4.72. The second kappa shape index (κ2) is 5.34.